The maximum absolute atomic E-state index is 6.21. The highest BCUT2D eigenvalue weighted by molar-refractivity contribution is 7.71. The summed E-state index contributed by atoms with van der Waals surface area (Å²) in [5, 5.41) is 5.65. The predicted octanol–water partition coefficient (Wildman–Crippen LogP) is 4.39. The Morgan fingerprint density at radius 3 is 2.95 bits per heavy atom. The third-order valence-electron chi connectivity index (χ3n) is 4.14. The topological polar surface area (TPSA) is 25.5 Å². The molecule has 1 aliphatic heterocycles. The molecule has 1 atom stereocenters. The van der Waals surface area contributed by atoms with Crippen molar-refractivity contribution in [1.82, 2.24) is 19.1 Å². The minimum absolute atomic E-state index is 0.526. The van der Waals surface area contributed by atoms with Crippen molar-refractivity contribution in [2.24, 2.45) is 0 Å². The number of rotatable bonds is 3. The van der Waals surface area contributed by atoms with Gasteiger partial charge in [0.15, 0.2) is 5.65 Å². The van der Waals surface area contributed by atoms with Crippen LogP contribution in [0.5, 0.6) is 0 Å². The molecule has 3 rings (SSSR count). The molecular formula is C14H18Cl2N4S. The van der Waals surface area contributed by atoms with Gasteiger partial charge in [-0.15, -0.1) is 5.10 Å². The van der Waals surface area contributed by atoms with E-state index in [1.165, 1.54) is 19.3 Å². The van der Waals surface area contributed by atoms with Crippen LogP contribution in [-0.4, -0.2) is 31.7 Å². The molecule has 21 heavy (non-hydrogen) atoms. The minimum Gasteiger partial charge on any atom is -0.281 e. The highest BCUT2D eigenvalue weighted by atomic mass is 35.5. The van der Waals surface area contributed by atoms with Crippen LogP contribution in [0.1, 0.15) is 32.6 Å². The van der Waals surface area contributed by atoms with Crippen LogP contribution in [0.25, 0.3) is 5.65 Å². The number of hydrogen-bond acceptors (Lipinski definition) is 3. The zero-order chi connectivity index (χ0) is 15.0. The van der Waals surface area contributed by atoms with Gasteiger partial charge in [-0.2, -0.15) is 0 Å². The lowest BCUT2D eigenvalue weighted by Gasteiger charge is -2.34. The van der Waals surface area contributed by atoms with Crippen LogP contribution < -0.4 is 0 Å². The van der Waals surface area contributed by atoms with Crippen LogP contribution in [0.3, 0.4) is 0 Å². The molecule has 0 amide bonds. The van der Waals surface area contributed by atoms with Crippen molar-refractivity contribution in [3.8, 4) is 0 Å². The molecule has 0 aliphatic carbocycles. The summed E-state index contributed by atoms with van der Waals surface area (Å²) in [6.07, 6.45) is 6.73. The van der Waals surface area contributed by atoms with E-state index in [2.05, 4.69) is 16.9 Å². The van der Waals surface area contributed by atoms with Crippen LogP contribution in [0, 0.1) is 4.77 Å². The number of fused-ring (bicyclic) bond motifs is 1. The Morgan fingerprint density at radius 2 is 2.19 bits per heavy atom. The molecule has 2 aromatic rings. The van der Waals surface area contributed by atoms with Crippen molar-refractivity contribution in [2.75, 3.05) is 6.54 Å². The highest BCUT2D eigenvalue weighted by Gasteiger charge is 2.22. The van der Waals surface area contributed by atoms with E-state index in [0.29, 0.717) is 33.2 Å². The molecule has 0 aromatic carbocycles. The first kappa shape index (κ1) is 15.3. The monoisotopic (exact) mass is 344 g/mol. The van der Waals surface area contributed by atoms with Gasteiger partial charge in [-0.3, -0.25) is 9.30 Å². The van der Waals surface area contributed by atoms with Crippen LogP contribution in [-0.2, 0) is 6.67 Å². The molecule has 0 bridgehead atoms. The number of piperidine rings is 1. The summed E-state index contributed by atoms with van der Waals surface area (Å²) in [5.74, 6) is 0. The van der Waals surface area contributed by atoms with Gasteiger partial charge in [-0.25, -0.2) is 4.68 Å². The minimum atomic E-state index is 0.526. The fraction of sp³-hybridized carbons (Fsp3) is 0.571. The van der Waals surface area contributed by atoms with Crippen molar-refractivity contribution in [3.63, 3.8) is 0 Å². The Morgan fingerprint density at radius 1 is 1.38 bits per heavy atom. The predicted molar refractivity (Wildman–Crippen MR) is 88.7 cm³/mol. The summed E-state index contributed by atoms with van der Waals surface area (Å²) < 4.78 is 4.26. The molecular weight excluding hydrogens is 327 g/mol. The molecule has 0 radical (unpaired) electrons. The second-order valence-corrected chi connectivity index (χ2v) is 6.70. The standard InChI is InChI=1S/C14H18Cl2N4S/c1-2-11-5-3-4-6-18(11)9-20-14(21)19-8-10(15)7-12(16)13(19)17-20/h7-8,11H,2-6,9H2,1H3. The summed E-state index contributed by atoms with van der Waals surface area (Å²) in [6, 6.07) is 2.31. The van der Waals surface area contributed by atoms with Crippen molar-refractivity contribution in [3.05, 3.63) is 27.1 Å². The molecule has 2 aromatic heterocycles. The smallest absolute Gasteiger partial charge is 0.203 e. The summed E-state index contributed by atoms with van der Waals surface area (Å²) >= 11 is 17.8. The lowest BCUT2D eigenvalue weighted by Crippen LogP contribution is -2.40. The summed E-state index contributed by atoms with van der Waals surface area (Å²) in [5.41, 5.74) is 0.663. The van der Waals surface area contributed by atoms with Gasteiger partial charge in [0, 0.05) is 18.8 Å². The second kappa shape index (κ2) is 6.24. The van der Waals surface area contributed by atoms with Gasteiger partial charge in [-0.1, -0.05) is 36.5 Å². The number of likely N-dealkylation sites (tertiary alicyclic amines) is 1. The van der Waals surface area contributed by atoms with Gasteiger partial charge >= 0.3 is 0 Å². The Kier molecular flexibility index (Phi) is 4.54. The number of nitrogens with zero attached hydrogens (tertiary/aromatic N) is 4. The Bertz CT molecular complexity index is 709. The first-order chi connectivity index (χ1) is 10.1. The number of halogens is 2. The van der Waals surface area contributed by atoms with E-state index in [0.717, 1.165) is 13.0 Å². The Hall–Kier alpha value is -0.620. The zero-order valence-electron chi connectivity index (χ0n) is 11.9. The largest absolute Gasteiger partial charge is 0.281 e. The van der Waals surface area contributed by atoms with Crippen LogP contribution in [0.2, 0.25) is 10.0 Å². The lowest BCUT2D eigenvalue weighted by atomic mass is 10.0. The van der Waals surface area contributed by atoms with E-state index in [-0.39, 0.29) is 0 Å². The summed E-state index contributed by atoms with van der Waals surface area (Å²) in [7, 11) is 0. The highest BCUT2D eigenvalue weighted by Crippen LogP contribution is 2.23. The van der Waals surface area contributed by atoms with Crippen molar-refractivity contribution in [1.29, 1.82) is 0 Å². The average Bonchev–Trinajstić information content (AvgIpc) is 2.77. The van der Waals surface area contributed by atoms with E-state index >= 15 is 0 Å². The molecule has 4 nitrogen and oxygen atoms in total. The lowest BCUT2D eigenvalue weighted by molar-refractivity contribution is 0.101. The van der Waals surface area contributed by atoms with E-state index in [9.17, 15) is 0 Å². The zero-order valence-corrected chi connectivity index (χ0v) is 14.3. The van der Waals surface area contributed by atoms with Gasteiger partial charge in [-0.05, 0) is 37.5 Å². The van der Waals surface area contributed by atoms with Gasteiger partial charge in [0.05, 0.1) is 16.7 Å². The van der Waals surface area contributed by atoms with E-state index in [4.69, 9.17) is 35.4 Å². The quantitative estimate of drug-likeness (QED) is 0.772. The van der Waals surface area contributed by atoms with E-state index in [1.807, 2.05) is 4.68 Å². The molecule has 1 aliphatic rings. The fourth-order valence-electron chi connectivity index (χ4n) is 3.02. The maximum atomic E-state index is 6.21. The van der Waals surface area contributed by atoms with E-state index in [1.54, 1.807) is 16.7 Å². The number of hydrogen-bond donors (Lipinski definition) is 0. The van der Waals surface area contributed by atoms with Crippen LogP contribution in [0.4, 0.5) is 0 Å². The van der Waals surface area contributed by atoms with Gasteiger partial charge in [0.1, 0.15) is 0 Å². The number of pyridine rings is 1. The Balaban J connectivity index is 1.96. The first-order valence-corrected chi connectivity index (χ1v) is 8.45. The molecule has 114 valence electrons. The van der Waals surface area contributed by atoms with Crippen molar-refractivity contribution in [2.45, 2.75) is 45.3 Å². The Labute approximate surface area is 139 Å². The van der Waals surface area contributed by atoms with Crippen molar-refractivity contribution < 1.29 is 0 Å². The molecule has 0 saturated carbocycles. The van der Waals surface area contributed by atoms with Gasteiger partial charge in [0.25, 0.3) is 0 Å². The first-order valence-electron chi connectivity index (χ1n) is 7.28. The summed E-state index contributed by atoms with van der Waals surface area (Å²) in [6.45, 7) is 4.05. The summed E-state index contributed by atoms with van der Waals surface area (Å²) in [4.78, 5) is 2.46. The second-order valence-electron chi connectivity index (χ2n) is 5.49. The molecule has 1 saturated heterocycles. The van der Waals surface area contributed by atoms with E-state index < -0.39 is 0 Å². The maximum Gasteiger partial charge on any atom is 0.203 e. The van der Waals surface area contributed by atoms with Gasteiger partial charge in [0.2, 0.25) is 4.77 Å². The number of aromatic nitrogens is 3. The third kappa shape index (κ3) is 2.97. The molecule has 0 N–H and O–H groups in total. The molecule has 1 unspecified atom stereocenters. The van der Waals surface area contributed by atoms with Crippen LogP contribution in [0.15, 0.2) is 12.3 Å². The molecule has 1 fully saturated rings. The van der Waals surface area contributed by atoms with Crippen molar-refractivity contribution >= 4 is 41.1 Å². The van der Waals surface area contributed by atoms with Gasteiger partial charge < -0.3 is 0 Å². The normalized spacial score (nSPS) is 20.2. The van der Waals surface area contributed by atoms with Crippen LogP contribution >= 0.6 is 35.4 Å². The molecule has 0 spiro atoms. The fourth-order valence-corrected chi connectivity index (χ4v) is 3.77. The third-order valence-corrected chi connectivity index (χ3v) is 5.03. The molecule has 7 heteroatoms. The average molecular weight is 345 g/mol. The SMILES string of the molecule is CCC1CCCCN1Cn1nc2c(Cl)cc(Cl)cn2c1=S. The molecule has 3 heterocycles.